The van der Waals surface area contributed by atoms with Gasteiger partial charge in [0.15, 0.2) is 0 Å². The smallest absolute Gasteiger partial charge is 0.228 e. The molecule has 150 valence electrons. The van der Waals surface area contributed by atoms with Crippen molar-refractivity contribution >= 4 is 33.2 Å². The van der Waals surface area contributed by atoms with E-state index in [9.17, 15) is 17.6 Å². The number of carbonyl (C=O) groups is 1. The van der Waals surface area contributed by atoms with Crippen molar-refractivity contribution in [3.8, 4) is 0 Å². The third kappa shape index (κ3) is 4.90. The van der Waals surface area contributed by atoms with Crippen LogP contribution in [0.4, 0.5) is 10.1 Å². The number of nitrogens with one attached hydrogen (secondary N) is 1. The molecule has 0 spiro atoms. The molecule has 1 heterocycles. The van der Waals surface area contributed by atoms with Crippen LogP contribution in [0.2, 0.25) is 5.02 Å². The largest absolute Gasteiger partial charge is 0.326 e. The van der Waals surface area contributed by atoms with Crippen LogP contribution in [0.15, 0.2) is 42.5 Å². The van der Waals surface area contributed by atoms with E-state index >= 15 is 0 Å². The van der Waals surface area contributed by atoms with Crippen LogP contribution in [-0.2, 0) is 20.6 Å². The number of sulfonamides is 1. The quantitative estimate of drug-likeness (QED) is 0.789. The number of hydrogen-bond acceptors (Lipinski definition) is 3. The van der Waals surface area contributed by atoms with E-state index in [0.717, 1.165) is 11.1 Å². The number of anilines is 1. The van der Waals surface area contributed by atoms with Gasteiger partial charge in [0, 0.05) is 18.8 Å². The Balaban J connectivity index is 1.68. The summed E-state index contributed by atoms with van der Waals surface area (Å²) in [4.78, 5) is 12.6. The fraction of sp³-hybridized carbons (Fsp3) is 0.350. The fourth-order valence-corrected chi connectivity index (χ4v) is 5.18. The van der Waals surface area contributed by atoms with E-state index < -0.39 is 21.8 Å². The van der Waals surface area contributed by atoms with E-state index in [0.29, 0.717) is 25.1 Å². The number of hydrogen-bond donors (Lipinski definition) is 1. The average Bonchev–Trinajstić information content (AvgIpc) is 2.66. The molecule has 1 unspecified atom stereocenters. The van der Waals surface area contributed by atoms with E-state index in [4.69, 9.17) is 11.6 Å². The minimum absolute atomic E-state index is 0.0797. The standard InChI is InChI=1S/C20H22ClFN2O3S/c1-14-5-2-3-6-16(14)13-28(26,27)24-10-4-7-15(12-24)20(25)23-17-8-9-19(22)18(21)11-17/h2-3,5-6,8-9,11,15H,4,7,10,12-13H2,1H3,(H,23,25). The molecule has 1 fully saturated rings. The van der Waals surface area contributed by atoms with Gasteiger partial charge >= 0.3 is 0 Å². The third-order valence-corrected chi connectivity index (χ3v) is 7.02. The fourth-order valence-electron chi connectivity index (χ4n) is 3.29. The van der Waals surface area contributed by atoms with Crippen molar-refractivity contribution in [3.63, 3.8) is 0 Å². The van der Waals surface area contributed by atoms with Gasteiger partial charge in [-0.15, -0.1) is 0 Å². The highest BCUT2D eigenvalue weighted by molar-refractivity contribution is 7.88. The number of amides is 1. The highest BCUT2D eigenvalue weighted by Crippen LogP contribution is 2.25. The lowest BCUT2D eigenvalue weighted by molar-refractivity contribution is -0.120. The van der Waals surface area contributed by atoms with Crippen LogP contribution in [0.3, 0.4) is 0 Å². The number of nitrogens with zero attached hydrogens (tertiary/aromatic N) is 1. The molecule has 1 aliphatic rings. The number of benzene rings is 2. The topological polar surface area (TPSA) is 66.5 Å². The van der Waals surface area contributed by atoms with Gasteiger partial charge in [-0.1, -0.05) is 35.9 Å². The second-order valence-corrected chi connectivity index (χ2v) is 9.37. The van der Waals surface area contributed by atoms with Gasteiger partial charge in [-0.05, 0) is 49.1 Å². The lowest BCUT2D eigenvalue weighted by Crippen LogP contribution is -2.44. The van der Waals surface area contributed by atoms with Gasteiger partial charge in [-0.2, -0.15) is 0 Å². The van der Waals surface area contributed by atoms with Crippen molar-refractivity contribution < 1.29 is 17.6 Å². The second-order valence-electron chi connectivity index (χ2n) is 7.00. The number of piperidine rings is 1. The van der Waals surface area contributed by atoms with Gasteiger partial charge in [-0.25, -0.2) is 17.1 Å². The lowest BCUT2D eigenvalue weighted by Gasteiger charge is -2.31. The van der Waals surface area contributed by atoms with Crippen molar-refractivity contribution in [1.82, 2.24) is 4.31 Å². The summed E-state index contributed by atoms with van der Waals surface area (Å²) in [5, 5.41) is 2.62. The van der Waals surface area contributed by atoms with Crippen LogP contribution in [0, 0.1) is 18.7 Å². The van der Waals surface area contributed by atoms with Crippen LogP contribution < -0.4 is 5.32 Å². The van der Waals surface area contributed by atoms with E-state index in [1.165, 1.54) is 22.5 Å². The molecule has 1 atom stereocenters. The second kappa shape index (κ2) is 8.59. The summed E-state index contributed by atoms with van der Waals surface area (Å²) in [6.45, 7) is 2.42. The predicted molar refractivity (Wildman–Crippen MR) is 108 cm³/mol. The molecule has 2 aromatic carbocycles. The zero-order valence-electron chi connectivity index (χ0n) is 15.5. The van der Waals surface area contributed by atoms with Crippen LogP contribution in [0.25, 0.3) is 0 Å². The molecule has 1 saturated heterocycles. The van der Waals surface area contributed by atoms with Gasteiger partial charge < -0.3 is 5.32 Å². The molecular weight excluding hydrogens is 403 g/mol. The van der Waals surface area contributed by atoms with Gasteiger partial charge in [0.1, 0.15) is 5.82 Å². The van der Waals surface area contributed by atoms with Crippen LogP contribution in [0.5, 0.6) is 0 Å². The molecule has 28 heavy (non-hydrogen) atoms. The minimum atomic E-state index is -3.53. The average molecular weight is 425 g/mol. The zero-order valence-corrected chi connectivity index (χ0v) is 17.1. The Kier molecular flexibility index (Phi) is 6.37. The van der Waals surface area contributed by atoms with E-state index in [2.05, 4.69) is 5.32 Å². The first-order valence-electron chi connectivity index (χ1n) is 9.04. The van der Waals surface area contributed by atoms with Crippen molar-refractivity contribution in [2.24, 2.45) is 5.92 Å². The summed E-state index contributed by atoms with van der Waals surface area (Å²) in [5.41, 5.74) is 2.07. The van der Waals surface area contributed by atoms with Crippen LogP contribution >= 0.6 is 11.6 Å². The van der Waals surface area contributed by atoms with Crippen molar-refractivity contribution in [1.29, 1.82) is 0 Å². The maximum absolute atomic E-state index is 13.3. The summed E-state index contributed by atoms with van der Waals surface area (Å²) in [5.74, 6) is -1.41. The summed E-state index contributed by atoms with van der Waals surface area (Å²) in [7, 11) is -3.53. The molecule has 3 rings (SSSR count). The van der Waals surface area contributed by atoms with Crippen LogP contribution in [0.1, 0.15) is 24.0 Å². The first kappa shape index (κ1) is 20.8. The van der Waals surface area contributed by atoms with Crippen molar-refractivity contribution in [2.45, 2.75) is 25.5 Å². The molecule has 0 aromatic heterocycles. The molecule has 0 saturated carbocycles. The van der Waals surface area contributed by atoms with E-state index in [1.54, 1.807) is 6.07 Å². The van der Waals surface area contributed by atoms with Crippen LogP contribution in [-0.4, -0.2) is 31.7 Å². The van der Waals surface area contributed by atoms with Crippen molar-refractivity contribution in [2.75, 3.05) is 18.4 Å². The Morgan fingerprint density at radius 2 is 2.04 bits per heavy atom. The lowest BCUT2D eigenvalue weighted by atomic mass is 9.99. The molecule has 1 aliphatic heterocycles. The molecular formula is C20H22ClFN2O3S. The summed E-state index contributed by atoms with van der Waals surface area (Å²) in [6.07, 6.45) is 1.20. The van der Waals surface area contributed by atoms with E-state index in [1.807, 2.05) is 25.1 Å². The molecule has 0 radical (unpaired) electrons. The maximum atomic E-state index is 13.3. The predicted octanol–water partition coefficient (Wildman–Crippen LogP) is 3.97. The number of carbonyl (C=O) groups excluding carboxylic acids is 1. The molecule has 2 aromatic rings. The summed E-state index contributed by atoms with van der Waals surface area (Å²) >= 11 is 5.74. The first-order valence-corrected chi connectivity index (χ1v) is 11.0. The number of halogens is 2. The highest BCUT2D eigenvalue weighted by Gasteiger charge is 2.32. The number of aryl methyl sites for hydroxylation is 1. The zero-order chi connectivity index (χ0) is 20.3. The van der Waals surface area contributed by atoms with E-state index in [-0.39, 0.29) is 23.2 Å². The van der Waals surface area contributed by atoms with Crippen molar-refractivity contribution in [3.05, 3.63) is 64.4 Å². The molecule has 0 aliphatic carbocycles. The maximum Gasteiger partial charge on any atom is 0.228 e. The summed E-state index contributed by atoms with van der Waals surface area (Å²) < 4.78 is 40.4. The Bertz CT molecular complexity index is 981. The van der Waals surface area contributed by atoms with Gasteiger partial charge in [0.2, 0.25) is 15.9 Å². The molecule has 0 bridgehead atoms. The Hall–Kier alpha value is -1.96. The Labute approximate surface area is 169 Å². The van der Waals surface area contributed by atoms with Gasteiger partial charge in [0.25, 0.3) is 0 Å². The van der Waals surface area contributed by atoms with Gasteiger partial charge in [0.05, 0.1) is 16.7 Å². The third-order valence-electron chi connectivity index (χ3n) is 4.93. The molecule has 1 N–H and O–H groups in total. The molecule has 1 amide bonds. The minimum Gasteiger partial charge on any atom is -0.326 e. The Morgan fingerprint density at radius 1 is 1.29 bits per heavy atom. The highest BCUT2D eigenvalue weighted by atomic mass is 35.5. The molecule has 5 nitrogen and oxygen atoms in total. The normalized spacial score (nSPS) is 18.0. The van der Waals surface area contributed by atoms with Gasteiger partial charge in [-0.3, -0.25) is 4.79 Å². The monoisotopic (exact) mass is 424 g/mol. The summed E-state index contributed by atoms with van der Waals surface area (Å²) in [6, 6.07) is 11.3. The Morgan fingerprint density at radius 3 is 2.75 bits per heavy atom. The molecule has 8 heteroatoms. The first-order chi connectivity index (χ1) is 13.3. The number of rotatable bonds is 5. The SMILES string of the molecule is Cc1ccccc1CS(=O)(=O)N1CCCC(C(=O)Nc2ccc(F)c(Cl)c2)C1.